The van der Waals surface area contributed by atoms with Crippen LogP contribution in [0.25, 0.3) is 0 Å². The van der Waals surface area contributed by atoms with Gasteiger partial charge in [0.1, 0.15) is 6.54 Å². The zero-order valence-corrected chi connectivity index (χ0v) is 24.6. The van der Waals surface area contributed by atoms with Gasteiger partial charge < -0.3 is 14.5 Å². The lowest BCUT2D eigenvalue weighted by Gasteiger charge is -2.38. The molecular weight excluding hydrogens is 641 g/mol. The van der Waals surface area contributed by atoms with Crippen LogP contribution >= 0.6 is 34.5 Å². The van der Waals surface area contributed by atoms with Crippen molar-refractivity contribution < 1.29 is 40.7 Å². The second-order valence-electron chi connectivity index (χ2n) is 10.3. The lowest BCUT2D eigenvalue weighted by Crippen LogP contribution is -2.48. The maximum atomic E-state index is 13.9. The Hall–Kier alpha value is -2.80. The van der Waals surface area contributed by atoms with Crippen molar-refractivity contribution in [1.82, 2.24) is 9.80 Å². The van der Waals surface area contributed by atoms with Crippen LogP contribution in [0.3, 0.4) is 0 Å². The van der Waals surface area contributed by atoms with Gasteiger partial charge in [-0.15, -0.1) is 11.3 Å². The molecule has 0 bridgehead atoms. The first kappa shape index (κ1) is 31.6. The summed E-state index contributed by atoms with van der Waals surface area (Å²) >= 11 is 14.1. The summed E-state index contributed by atoms with van der Waals surface area (Å²) in [7, 11) is 0. The molecule has 2 atom stereocenters. The minimum absolute atomic E-state index is 0.0427. The van der Waals surface area contributed by atoms with E-state index >= 15 is 0 Å². The number of hydrogen-bond donors (Lipinski definition) is 0. The second kappa shape index (κ2) is 12.3. The zero-order chi connectivity index (χ0) is 31.1. The number of benzene rings is 2. The van der Waals surface area contributed by atoms with Crippen LogP contribution in [0.15, 0.2) is 47.8 Å². The van der Waals surface area contributed by atoms with Crippen molar-refractivity contribution in [1.29, 1.82) is 0 Å². The molecule has 0 N–H and O–H groups in total. The SMILES string of the molecule is O=C(c1cc(C(F)(F)F)cc(C(F)(F)F)c1)N(CC(=O)N1CCc2sccc2C1c1ccc(Cl)cc1Cl)CC1CCCO1. The third-order valence-corrected chi connectivity index (χ3v) is 9.00. The van der Waals surface area contributed by atoms with Gasteiger partial charge in [-0.05, 0) is 72.2 Å². The van der Waals surface area contributed by atoms with Crippen molar-refractivity contribution in [3.05, 3.63) is 90.6 Å². The van der Waals surface area contributed by atoms with Gasteiger partial charge in [0, 0.05) is 40.2 Å². The van der Waals surface area contributed by atoms with Crippen LogP contribution in [0, 0.1) is 0 Å². The number of rotatable bonds is 6. The first-order valence-corrected chi connectivity index (χ1v) is 14.9. The summed E-state index contributed by atoms with van der Waals surface area (Å²) in [5, 5.41) is 2.58. The molecular formula is C29H24Cl2F6N2O3S. The number of carbonyl (C=O) groups is 2. The Kier molecular flexibility index (Phi) is 9.04. The Balaban J connectivity index is 1.50. The van der Waals surface area contributed by atoms with Crippen molar-refractivity contribution in [2.75, 3.05) is 26.2 Å². The number of thiophene rings is 1. The number of ether oxygens (including phenoxy) is 1. The largest absolute Gasteiger partial charge is 0.416 e. The Morgan fingerprint density at radius 2 is 1.67 bits per heavy atom. The zero-order valence-electron chi connectivity index (χ0n) is 22.3. The molecule has 14 heteroatoms. The summed E-state index contributed by atoms with van der Waals surface area (Å²) in [6.07, 6.45) is -9.11. The maximum Gasteiger partial charge on any atom is 0.416 e. The van der Waals surface area contributed by atoms with Crippen LogP contribution < -0.4 is 0 Å². The monoisotopic (exact) mass is 664 g/mol. The fourth-order valence-corrected chi connectivity index (χ4v) is 6.83. The third-order valence-electron chi connectivity index (χ3n) is 7.44. The van der Waals surface area contributed by atoms with E-state index in [-0.39, 0.29) is 19.2 Å². The van der Waals surface area contributed by atoms with Crippen molar-refractivity contribution in [2.45, 2.75) is 43.8 Å². The molecule has 43 heavy (non-hydrogen) atoms. The van der Waals surface area contributed by atoms with Crippen molar-refractivity contribution >= 4 is 46.4 Å². The molecule has 1 saturated heterocycles. The van der Waals surface area contributed by atoms with Gasteiger partial charge in [-0.2, -0.15) is 26.3 Å². The van der Waals surface area contributed by atoms with Crippen molar-refractivity contribution in [3.8, 4) is 0 Å². The van der Waals surface area contributed by atoms with Crippen LogP contribution in [0.2, 0.25) is 10.0 Å². The topological polar surface area (TPSA) is 49.9 Å². The molecule has 230 valence electrons. The van der Waals surface area contributed by atoms with E-state index in [4.69, 9.17) is 27.9 Å². The Bertz CT molecular complexity index is 1490. The van der Waals surface area contributed by atoms with E-state index in [2.05, 4.69) is 0 Å². The standard InChI is InChI=1S/C29H24Cl2F6N2O3S/c30-19-3-4-21(23(31)13-19)26-22-6-9-43-24(22)5-7-39(26)25(40)15-38(14-20-2-1-8-42-20)27(41)16-10-17(28(32,33)34)12-18(11-16)29(35,36)37/h3-4,6,9-13,20,26H,1-2,5,7-8,14-15H2. The average Bonchev–Trinajstić information content (AvgIpc) is 3.63. The molecule has 2 aromatic carbocycles. The van der Waals surface area contributed by atoms with Gasteiger partial charge in [-0.1, -0.05) is 29.3 Å². The first-order chi connectivity index (χ1) is 20.2. The summed E-state index contributed by atoms with van der Waals surface area (Å²) in [6, 6.07) is 6.80. The highest BCUT2D eigenvalue weighted by Gasteiger charge is 2.39. The Morgan fingerprint density at radius 1 is 0.977 bits per heavy atom. The molecule has 2 aliphatic rings. The normalized spacial score (nSPS) is 18.9. The third kappa shape index (κ3) is 6.97. The van der Waals surface area contributed by atoms with E-state index in [1.54, 1.807) is 18.2 Å². The Labute approximate surface area is 256 Å². The molecule has 1 fully saturated rings. The minimum Gasteiger partial charge on any atom is -0.376 e. The summed E-state index contributed by atoms with van der Waals surface area (Å²) < 4.78 is 86.9. The molecule has 2 aliphatic heterocycles. The fraction of sp³-hybridized carbons (Fsp3) is 0.379. The molecule has 2 amide bonds. The predicted molar refractivity (Wildman–Crippen MR) is 149 cm³/mol. The number of carbonyl (C=O) groups excluding carboxylic acids is 2. The minimum atomic E-state index is -5.14. The maximum absolute atomic E-state index is 13.9. The van der Waals surface area contributed by atoms with Crippen LogP contribution in [-0.4, -0.2) is 54.0 Å². The molecule has 0 radical (unpaired) electrons. The van der Waals surface area contributed by atoms with Gasteiger partial charge in [-0.25, -0.2) is 0 Å². The van der Waals surface area contributed by atoms with E-state index in [0.717, 1.165) is 15.3 Å². The molecule has 5 nitrogen and oxygen atoms in total. The lowest BCUT2D eigenvalue weighted by molar-refractivity contribution is -0.143. The molecule has 5 rings (SSSR count). The molecule has 0 spiro atoms. The quantitative estimate of drug-likeness (QED) is 0.252. The molecule has 0 saturated carbocycles. The first-order valence-electron chi connectivity index (χ1n) is 13.2. The van der Waals surface area contributed by atoms with Crippen LogP contribution in [0.5, 0.6) is 0 Å². The smallest absolute Gasteiger partial charge is 0.376 e. The molecule has 3 aromatic rings. The van der Waals surface area contributed by atoms with Gasteiger partial charge >= 0.3 is 12.4 Å². The van der Waals surface area contributed by atoms with Crippen LogP contribution in [0.1, 0.15) is 56.4 Å². The highest BCUT2D eigenvalue weighted by atomic mass is 35.5. The van der Waals surface area contributed by atoms with Crippen LogP contribution in [-0.2, 0) is 28.3 Å². The van der Waals surface area contributed by atoms with E-state index in [9.17, 15) is 35.9 Å². The number of nitrogens with zero attached hydrogens (tertiary/aromatic N) is 2. The summed E-state index contributed by atoms with van der Waals surface area (Å²) in [6.45, 7) is -0.157. The van der Waals surface area contributed by atoms with Crippen molar-refractivity contribution in [2.24, 2.45) is 0 Å². The number of amides is 2. The molecule has 1 aromatic heterocycles. The van der Waals surface area contributed by atoms with Gasteiger partial charge in [0.15, 0.2) is 0 Å². The van der Waals surface area contributed by atoms with Gasteiger partial charge in [-0.3, -0.25) is 9.59 Å². The molecule has 2 unspecified atom stereocenters. The van der Waals surface area contributed by atoms with E-state index in [1.807, 2.05) is 11.4 Å². The molecule has 3 heterocycles. The van der Waals surface area contributed by atoms with Crippen molar-refractivity contribution in [3.63, 3.8) is 0 Å². The Morgan fingerprint density at radius 3 is 2.28 bits per heavy atom. The second-order valence-corrected chi connectivity index (χ2v) is 12.2. The number of halogens is 8. The summed E-state index contributed by atoms with van der Waals surface area (Å²) in [5.74, 6) is -1.70. The average molecular weight is 665 g/mol. The number of alkyl halides is 6. The van der Waals surface area contributed by atoms with Gasteiger partial charge in [0.2, 0.25) is 5.91 Å². The summed E-state index contributed by atoms with van der Waals surface area (Å²) in [4.78, 5) is 31.1. The number of hydrogen-bond acceptors (Lipinski definition) is 4. The van der Waals surface area contributed by atoms with E-state index < -0.39 is 59.5 Å². The molecule has 0 aliphatic carbocycles. The number of fused-ring (bicyclic) bond motifs is 1. The van der Waals surface area contributed by atoms with Gasteiger partial charge in [0.25, 0.3) is 5.91 Å². The van der Waals surface area contributed by atoms with Gasteiger partial charge in [0.05, 0.1) is 23.3 Å². The predicted octanol–water partition coefficient (Wildman–Crippen LogP) is 7.89. The fourth-order valence-electron chi connectivity index (χ4n) is 5.41. The van der Waals surface area contributed by atoms with Crippen LogP contribution in [0.4, 0.5) is 26.3 Å². The summed E-state index contributed by atoms with van der Waals surface area (Å²) in [5.41, 5.74) is -2.65. The lowest BCUT2D eigenvalue weighted by atomic mass is 9.93. The highest BCUT2D eigenvalue weighted by Crippen LogP contribution is 2.41. The van der Waals surface area contributed by atoms with E-state index in [1.165, 1.54) is 16.2 Å². The van der Waals surface area contributed by atoms with E-state index in [0.29, 0.717) is 53.6 Å². The highest BCUT2D eigenvalue weighted by molar-refractivity contribution is 7.10.